The van der Waals surface area contributed by atoms with Crippen molar-refractivity contribution in [1.29, 1.82) is 0 Å². The first-order chi connectivity index (χ1) is 10.6. The third kappa shape index (κ3) is 3.41. The van der Waals surface area contributed by atoms with Gasteiger partial charge in [-0.3, -0.25) is 9.59 Å². The molecule has 124 valence electrons. The molecule has 0 spiro atoms. The number of hydrogen-bond donors (Lipinski definition) is 3. The van der Waals surface area contributed by atoms with E-state index in [1.54, 1.807) is 0 Å². The molecule has 1 aromatic heterocycles. The number of pyridine rings is 1. The number of aryl methyl sites for hydroxylation is 1. The van der Waals surface area contributed by atoms with Gasteiger partial charge in [0, 0.05) is 23.5 Å². The zero-order valence-electron chi connectivity index (χ0n) is 13.3. The van der Waals surface area contributed by atoms with Crippen LogP contribution < -0.4 is 16.2 Å². The Morgan fingerprint density at radius 1 is 1.30 bits per heavy atom. The Balaban J connectivity index is 0.00000192. The number of fused-ring (bicyclic) bond motifs is 1. The largest absolute Gasteiger partial charge is 0.348 e. The number of rotatable bonds is 2. The quantitative estimate of drug-likeness (QED) is 0.785. The number of carbonyl (C=O) groups is 1. The summed E-state index contributed by atoms with van der Waals surface area (Å²) in [7, 11) is 0. The minimum Gasteiger partial charge on any atom is -0.348 e. The first kappa shape index (κ1) is 17.5. The molecule has 1 aliphatic rings. The average Bonchev–Trinajstić information content (AvgIpc) is 2.49. The number of amides is 1. The number of halogens is 1. The number of aromatic amines is 1. The lowest BCUT2D eigenvalue weighted by Gasteiger charge is -2.30. The maximum Gasteiger partial charge on any atom is 0.261 e. The molecule has 0 radical (unpaired) electrons. The molecule has 2 atom stereocenters. The predicted molar refractivity (Wildman–Crippen MR) is 94.5 cm³/mol. The summed E-state index contributed by atoms with van der Waals surface area (Å²) >= 11 is 0. The van der Waals surface area contributed by atoms with E-state index < -0.39 is 0 Å². The number of H-pyrrole nitrogens is 1. The zero-order valence-corrected chi connectivity index (χ0v) is 14.1. The van der Waals surface area contributed by atoms with Gasteiger partial charge in [0.15, 0.2) is 0 Å². The molecule has 2 heterocycles. The monoisotopic (exact) mass is 335 g/mol. The van der Waals surface area contributed by atoms with Crippen molar-refractivity contribution in [2.24, 2.45) is 5.92 Å². The number of carbonyl (C=O) groups excluding carboxylic acids is 1. The van der Waals surface area contributed by atoms with Gasteiger partial charge < -0.3 is 15.6 Å². The summed E-state index contributed by atoms with van der Waals surface area (Å²) in [6, 6.07) is 7.60. The molecule has 1 fully saturated rings. The second-order valence-corrected chi connectivity index (χ2v) is 6.05. The fraction of sp³-hybridized carbons (Fsp3) is 0.412. The molecule has 6 heteroatoms. The van der Waals surface area contributed by atoms with E-state index in [1.165, 1.54) is 0 Å². The Labute approximate surface area is 141 Å². The van der Waals surface area contributed by atoms with Gasteiger partial charge in [-0.05, 0) is 37.4 Å². The van der Waals surface area contributed by atoms with E-state index >= 15 is 0 Å². The molecule has 3 rings (SSSR count). The van der Waals surface area contributed by atoms with E-state index in [1.807, 2.05) is 31.2 Å². The first-order valence-electron chi connectivity index (χ1n) is 7.71. The highest BCUT2D eigenvalue weighted by atomic mass is 35.5. The fourth-order valence-corrected chi connectivity index (χ4v) is 3.11. The van der Waals surface area contributed by atoms with Crippen LogP contribution in [0.25, 0.3) is 10.9 Å². The van der Waals surface area contributed by atoms with Crippen LogP contribution in [0.3, 0.4) is 0 Å². The van der Waals surface area contributed by atoms with E-state index in [0.29, 0.717) is 5.92 Å². The van der Waals surface area contributed by atoms with Crippen molar-refractivity contribution >= 4 is 29.2 Å². The van der Waals surface area contributed by atoms with Gasteiger partial charge in [0.05, 0.1) is 0 Å². The molecule has 23 heavy (non-hydrogen) atoms. The summed E-state index contributed by atoms with van der Waals surface area (Å²) in [6.45, 7) is 5.68. The van der Waals surface area contributed by atoms with Crippen LogP contribution >= 0.6 is 12.4 Å². The number of hydrogen-bond acceptors (Lipinski definition) is 3. The lowest BCUT2D eigenvalue weighted by molar-refractivity contribution is 0.0913. The SMILES string of the molecule is Cc1c(C(=O)NC2CNCCC2C)c(=O)[nH]c2ccccc12.Cl. The van der Waals surface area contributed by atoms with Crippen molar-refractivity contribution < 1.29 is 4.79 Å². The van der Waals surface area contributed by atoms with Crippen molar-refractivity contribution in [2.45, 2.75) is 26.3 Å². The van der Waals surface area contributed by atoms with E-state index in [2.05, 4.69) is 22.5 Å². The average molecular weight is 336 g/mol. The van der Waals surface area contributed by atoms with Gasteiger partial charge in [-0.25, -0.2) is 0 Å². The smallest absolute Gasteiger partial charge is 0.261 e. The summed E-state index contributed by atoms with van der Waals surface area (Å²) in [5.41, 5.74) is 1.38. The van der Waals surface area contributed by atoms with Gasteiger partial charge in [-0.1, -0.05) is 25.1 Å². The van der Waals surface area contributed by atoms with Gasteiger partial charge in [-0.15, -0.1) is 12.4 Å². The summed E-state index contributed by atoms with van der Waals surface area (Å²) in [5.74, 6) is 0.120. The van der Waals surface area contributed by atoms with Gasteiger partial charge >= 0.3 is 0 Å². The van der Waals surface area contributed by atoms with Gasteiger partial charge in [0.2, 0.25) is 0 Å². The lowest BCUT2D eigenvalue weighted by atomic mass is 9.94. The topological polar surface area (TPSA) is 74.0 Å². The summed E-state index contributed by atoms with van der Waals surface area (Å²) < 4.78 is 0. The van der Waals surface area contributed by atoms with Gasteiger partial charge in [0.1, 0.15) is 5.56 Å². The Bertz CT molecular complexity index is 772. The fourth-order valence-electron chi connectivity index (χ4n) is 3.11. The predicted octanol–water partition coefficient (Wildman–Crippen LogP) is 1.99. The molecule has 0 bridgehead atoms. The van der Waals surface area contributed by atoms with Crippen LogP contribution in [0.4, 0.5) is 0 Å². The molecule has 1 aromatic carbocycles. The highest BCUT2D eigenvalue weighted by Crippen LogP contribution is 2.18. The van der Waals surface area contributed by atoms with Crippen LogP contribution in [0.1, 0.15) is 29.3 Å². The van der Waals surface area contributed by atoms with E-state index in [9.17, 15) is 9.59 Å². The number of para-hydroxylation sites is 1. The van der Waals surface area contributed by atoms with Crippen molar-refractivity contribution in [3.8, 4) is 0 Å². The van der Waals surface area contributed by atoms with Crippen LogP contribution in [-0.2, 0) is 0 Å². The van der Waals surface area contributed by atoms with E-state index in [-0.39, 0.29) is 35.5 Å². The highest BCUT2D eigenvalue weighted by Gasteiger charge is 2.25. The number of benzene rings is 1. The van der Waals surface area contributed by atoms with Crippen LogP contribution in [0.2, 0.25) is 0 Å². The summed E-state index contributed by atoms with van der Waals surface area (Å²) in [5, 5.41) is 7.19. The Morgan fingerprint density at radius 3 is 2.78 bits per heavy atom. The van der Waals surface area contributed by atoms with E-state index in [0.717, 1.165) is 36.0 Å². The minimum atomic E-state index is -0.329. The Kier molecular flexibility index (Phi) is 5.44. The van der Waals surface area contributed by atoms with Crippen molar-refractivity contribution in [3.63, 3.8) is 0 Å². The maximum atomic E-state index is 12.6. The minimum absolute atomic E-state index is 0. The Hall–Kier alpha value is -1.85. The van der Waals surface area contributed by atoms with Crippen LogP contribution in [-0.4, -0.2) is 30.0 Å². The van der Waals surface area contributed by atoms with Gasteiger partial charge in [0.25, 0.3) is 11.5 Å². The van der Waals surface area contributed by atoms with Gasteiger partial charge in [-0.2, -0.15) is 0 Å². The lowest BCUT2D eigenvalue weighted by Crippen LogP contribution is -2.51. The molecular weight excluding hydrogens is 314 g/mol. The number of aromatic nitrogens is 1. The molecule has 0 aliphatic carbocycles. The second kappa shape index (κ2) is 7.15. The molecule has 1 amide bonds. The number of nitrogens with one attached hydrogen (secondary N) is 3. The normalized spacial score (nSPS) is 20.8. The zero-order chi connectivity index (χ0) is 15.7. The Morgan fingerprint density at radius 2 is 2.04 bits per heavy atom. The molecular formula is C17H22ClN3O2. The van der Waals surface area contributed by atoms with Crippen molar-refractivity contribution in [3.05, 3.63) is 45.7 Å². The third-order valence-electron chi connectivity index (χ3n) is 4.55. The van der Waals surface area contributed by atoms with E-state index in [4.69, 9.17) is 0 Å². The molecule has 1 saturated heterocycles. The van der Waals surface area contributed by atoms with Crippen molar-refractivity contribution in [1.82, 2.24) is 15.6 Å². The molecule has 1 aliphatic heterocycles. The highest BCUT2D eigenvalue weighted by molar-refractivity contribution is 6.00. The van der Waals surface area contributed by atoms with Crippen LogP contribution in [0, 0.1) is 12.8 Å². The third-order valence-corrected chi connectivity index (χ3v) is 4.55. The molecule has 2 aromatic rings. The summed E-state index contributed by atoms with van der Waals surface area (Å²) in [6.07, 6.45) is 1.03. The molecule has 2 unspecified atom stereocenters. The van der Waals surface area contributed by atoms with Crippen molar-refractivity contribution in [2.75, 3.05) is 13.1 Å². The maximum absolute atomic E-state index is 12.6. The molecule has 0 saturated carbocycles. The molecule has 5 nitrogen and oxygen atoms in total. The first-order valence-corrected chi connectivity index (χ1v) is 7.71. The standard InChI is InChI=1S/C17H21N3O2.ClH/c1-10-7-8-18-9-14(10)20-17(22)15-11(2)12-5-3-4-6-13(12)19-16(15)21;/h3-6,10,14,18H,7-9H2,1-2H3,(H,19,21)(H,20,22);1H. The van der Waals surface area contributed by atoms with Crippen LogP contribution in [0.5, 0.6) is 0 Å². The molecule has 3 N–H and O–H groups in total. The number of piperidine rings is 1. The second-order valence-electron chi connectivity index (χ2n) is 6.05. The van der Waals surface area contributed by atoms with Crippen LogP contribution in [0.15, 0.2) is 29.1 Å². The summed E-state index contributed by atoms with van der Waals surface area (Å²) in [4.78, 5) is 27.7.